The molecule has 1 aliphatic heterocycles. The van der Waals surface area contributed by atoms with Crippen LogP contribution in [0.4, 0.5) is 0 Å². The number of carbonyl (C=O) groups excluding carboxylic acids is 1. The highest BCUT2D eigenvalue weighted by molar-refractivity contribution is 9.12. The fraction of sp³-hybridized carbons (Fsp3) is 0.455. The van der Waals surface area contributed by atoms with E-state index in [0.717, 1.165) is 26.8 Å². The minimum Gasteiger partial charge on any atom is -0.323 e. The van der Waals surface area contributed by atoms with E-state index < -0.39 is 0 Å². The van der Waals surface area contributed by atoms with Crippen LogP contribution in [0.2, 0.25) is 0 Å². The molecule has 3 nitrogen and oxygen atoms in total. The Kier molecular flexibility index (Phi) is 4.23. The maximum atomic E-state index is 12.3. The molecule has 1 aromatic heterocycles. The van der Waals surface area contributed by atoms with Crippen molar-refractivity contribution in [2.24, 2.45) is 0 Å². The van der Waals surface area contributed by atoms with Gasteiger partial charge in [-0.05, 0) is 57.2 Å². The molecule has 0 aromatic carbocycles. The molecule has 1 fully saturated rings. The first kappa shape index (κ1) is 13.1. The third-order valence-corrected chi connectivity index (χ3v) is 5.14. The standard InChI is InChI=1S/C11H10Br2N2OS/c12-9-5-8(10(13)17-9)11(16)15-4-2-1-3-7(15)6-14/h5,7H,1-4H2. The van der Waals surface area contributed by atoms with Crippen LogP contribution in [0.1, 0.15) is 29.6 Å². The molecule has 1 unspecified atom stereocenters. The number of nitriles is 1. The van der Waals surface area contributed by atoms with Crippen LogP contribution in [0.5, 0.6) is 0 Å². The molecule has 0 N–H and O–H groups in total. The van der Waals surface area contributed by atoms with Crippen LogP contribution >= 0.6 is 43.2 Å². The van der Waals surface area contributed by atoms with Crippen molar-refractivity contribution in [3.8, 4) is 6.07 Å². The molecule has 0 bridgehead atoms. The number of carbonyl (C=O) groups is 1. The number of halogens is 2. The van der Waals surface area contributed by atoms with Crippen molar-refractivity contribution < 1.29 is 4.79 Å². The molecule has 1 aliphatic rings. The third kappa shape index (κ3) is 2.72. The highest BCUT2D eigenvalue weighted by Crippen LogP contribution is 2.33. The summed E-state index contributed by atoms with van der Waals surface area (Å²) in [5, 5.41) is 9.07. The molecule has 17 heavy (non-hydrogen) atoms. The van der Waals surface area contributed by atoms with E-state index in [1.807, 2.05) is 0 Å². The summed E-state index contributed by atoms with van der Waals surface area (Å²) in [6.07, 6.45) is 2.79. The molecule has 90 valence electrons. The van der Waals surface area contributed by atoms with Crippen molar-refractivity contribution in [1.82, 2.24) is 4.90 Å². The van der Waals surface area contributed by atoms with Crippen LogP contribution in [-0.2, 0) is 0 Å². The van der Waals surface area contributed by atoms with Gasteiger partial charge in [-0.1, -0.05) is 0 Å². The van der Waals surface area contributed by atoms with Gasteiger partial charge in [0.1, 0.15) is 6.04 Å². The molecule has 6 heteroatoms. The second kappa shape index (κ2) is 5.51. The molecule has 0 spiro atoms. The Morgan fingerprint density at radius 2 is 2.29 bits per heavy atom. The van der Waals surface area contributed by atoms with Gasteiger partial charge < -0.3 is 4.90 Å². The number of hydrogen-bond acceptors (Lipinski definition) is 3. The molecule has 1 saturated heterocycles. The summed E-state index contributed by atoms with van der Waals surface area (Å²) in [6.45, 7) is 0.678. The zero-order valence-corrected chi connectivity index (χ0v) is 12.9. The number of amides is 1. The van der Waals surface area contributed by atoms with E-state index in [2.05, 4.69) is 37.9 Å². The quantitative estimate of drug-likeness (QED) is 0.747. The van der Waals surface area contributed by atoms with Crippen molar-refractivity contribution in [2.45, 2.75) is 25.3 Å². The number of likely N-dealkylation sites (tertiary alicyclic amines) is 1. The topological polar surface area (TPSA) is 44.1 Å². The SMILES string of the molecule is N#CC1CCCCN1C(=O)c1cc(Br)sc1Br. The van der Waals surface area contributed by atoms with Crippen molar-refractivity contribution in [3.05, 3.63) is 19.2 Å². The lowest BCUT2D eigenvalue weighted by Gasteiger charge is -2.31. The normalized spacial score (nSPS) is 20.1. The first-order valence-electron chi connectivity index (χ1n) is 5.29. The highest BCUT2D eigenvalue weighted by Gasteiger charge is 2.29. The van der Waals surface area contributed by atoms with Crippen molar-refractivity contribution in [2.75, 3.05) is 6.54 Å². The number of nitrogens with zero attached hydrogens (tertiary/aromatic N) is 2. The van der Waals surface area contributed by atoms with Crippen molar-refractivity contribution >= 4 is 49.1 Å². The van der Waals surface area contributed by atoms with Crippen LogP contribution in [0.3, 0.4) is 0 Å². The smallest absolute Gasteiger partial charge is 0.256 e. The van der Waals surface area contributed by atoms with Gasteiger partial charge in [-0.15, -0.1) is 11.3 Å². The fourth-order valence-electron chi connectivity index (χ4n) is 1.95. The lowest BCUT2D eigenvalue weighted by atomic mass is 10.0. The molecule has 1 aromatic rings. The Labute approximate surface area is 121 Å². The zero-order valence-electron chi connectivity index (χ0n) is 8.95. The fourth-order valence-corrected chi connectivity index (χ4v) is 4.73. The van der Waals surface area contributed by atoms with E-state index in [9.17, 15) is 4.79 Å². The van der Waals surface area contributed by atoms with Crippen LogP contribution in [0, 0.1) is 11.3 Å². The molecule has 0 saturated carbocycles. The van der Waals surface area contributed by atoms with Gasteiger partial charge in [-0.2, -0.15) is 5.26 Å². The van der Waals surface area contributed by atoms with Gasteiger partial charge in [0.2, 0.25) is 0 Å². The average Bonchev–Trinajstić information content (AvgIpc) is 2.67. The Morgan fingerprint density at radius 3 is 2.88 bits per heavy atom. The monoisotopic (exact) mass is 376 g/mol. The largest absolute Gasteiger partial charge is 0.323 e. The molecule has 2 heterocycles. The lowest BCUT2D eigenvalue weighted by Crippen LogP contribution is -2.42. The molecular formula is C11H10Br2N2OS. The first-order chi connectivity index (χ1) is 8.13. The summed E-state index contributed by atoms with van der Waals surface area (Å²) in [5.74, 6) is -0.0509. The van der Waals surface area contributed by atoms with Crippen LogP contribution in [-0.4, -0.2) is 23.4 Å². The maximum absolute atomic E-state index is 12.3. The van der Waals surface area contributed by atoms with Gasteiger partial charge in [-0.25, -0.2) is 0 Å². The minimum atomic E-state index is -0.276. The molecule has 0 radical (unpaired) electrons. The van der Waals surface area contributed by atoms with Gasteiger partial charge in [0.15, 0.2) is 0 Å². The van der Waals surface area contributed by atoms with Crippen LogP contribution in [0.15, 0.2) is 13.6 Å². The Balaban J connectivity index is 2.24. The zero-order chi connectivity index (χ0) is 12.4. The highest BCUT2D eigenvalue weighted by atomic mass is 79.9. The maximum Gasteiger partial charge on any atom is 0.256 e. The summed E-state index contributed by atoms with van der Waals surface area (Å²) in [4.78, 5) is 14.0. The Bertz CT molecular complexity index is 480. The Morgan fingerprint density at radius 1 is 1.53 bits per heavy atom. The first-order valence-corrected chi connectivity index (χ1v) is 7.69. The number of piperidine rings is 1. The summed E-state index contributed by atoms with van der Waals surface area (Å²) in [6, 6.07) is 3.74. The molecule has 0 aliphatic carbocycles. The van der Waals surface area contributed by atoms with Crippen LogP contribution < -0.4 is 0 Å². The predicted molar refractivity (Wildman–Crippen MR) is 74.0 cm³/mol. The molecule has 1 amide bonds. The Hall–Kier alpha value is -0.380. The van der Waals surface area contributed by atoms with E-state index >= 15 is 0 Å². The average molecular weight is 378 g/mol. The van der Waals surface area contributed by atoms with Crippen LogP contribution in [0.25, 0.3) is 0 Å². The van der Waals surface area contributed by atoms with E-state index in [1.165, 1.54) is 11.3 Å². The molecular weight excluding hydrogens is 368 g/mol. The number of hydrogen-bond donors (Lipinski definition) is 0. The number of thiophene rings is 1. The summed E-state index contributed by atoms with van der Waals surface area (Å²) in [7, 11) is 0. The summed E-state index contributed by atoms with van der Waals surface area (Å²) in [5.41, 5.74) is 0.643. The van der Waals surface area contributed by atoms with Gasteiger partial charge in [0.05, 0.1) is 19.2 Å². The second-order valence-corrected chi connectivity index (χ2v) is 7.63. The van der Waals surface area contributed by atoms with Gasteiger partial charge >= 0.3 is 0 Å². The molecule has 2 rings (SSSR count). The number of rotatable bonds is 1. The van der Waals surface area contributed by atoms with E-state index in [-0.39, 0.29) is 11.9 Å². The second-order valence-electron chi connectivity index (χ2n) is 3.88. The van der Waals surface area contributed by atoms with Crippen molar-refractivity contribution in [3.63, 3.8) is 0 Å². The van der Waals surface area contributed by atoms with Gasteiger partial charge in [0, 0.05) is 6.54 Å². The summed E-state index contributed by atoms with van der Waals surface area (Å²) < 4.78 is 1.73. The lowest BCUT2D eigenvalue weighted by molar-refractivity contribution is 0.0670. The van der Waals surface area contributed by atoms with Gasteiger partial charge in [0.25, 0.3) is 5.91 Å². The van der Waals surface area contributed by atoms with E-state index in [0.29, 0.717) is 12.1 Å². The third-order valence-electron chi connectivity index (χ3n) is 2.80. The minimum absolute atomic E-state index is 0.0509. The molecule has 1 atom stereocenters. The van der Waals surface area contributed by atoms with E-state index in [1.54, 1.807) is 11.0 Å². The van der Waals surface area contributed by atoms with Gasteiger partial charge in [-0.3, -0.25) is 4.79 Å². The summed E-state index contributed by atoms with van der Waals surface area (Å²) >= 11 is 8.22. The predicted octanol–water partition coefficient (Wildman–Crippen LogP) is 3.79. The van der Waals surface area contributed by atoms with Crippen molar-refractivity contribution in [1.29, 1.82) is 5.26 Å². The van der Waals surface area contributed by atoms with E-state index in [4.69, 9.17) is 5.26 Å².